The summed E-state index contributed by atoms with van der Waals surface area (Å²) in [6.07, 6.45) is 1.03. The Kier molecular flexibility index (Phi) is 4.82. The molecular formula is C14H20BrN3O. The van der Waals surface area contributed by atoms with Crippen LogP contribution in [0.1, 0.15) is 18.9 Å². The summed E-state index contributed by atoms with van der Waals surface area (Å²) in [7, 11) is 0. The highest BCUT2D eigenvalue weighted by Crippen LogP contribution is 2.19. The number of nitrogens with zero attached hydrogens (tertiary/aromatic N) is 2. The summed E-state index contributed by atoms with van der Waals surface area (Å²) in [5.41, 5.74) is 7.85. The van der Waals surface area contributed by atoms with E-state index in [-0.39, 0.29) is 5.91 Å². The molecule has 104 valence electrons. The van der Waals surface area contributed by atoms with Gasteiger partial charge >= 0.3 is 0 Å². The summed E-state index contributed by atoms with van der Waals surface area (Å²) >= 11 is 3.47. The summed E-state index contributed by atoms with van der Waals surface area (Å²) in [5, 5.41) is 0. The molecule has 0 saturated carbocycles. The molecule has 0 bridgehead atoms. The van der Waals surface area contributed by atoms with Gasteiger partial charge in [0.15, 0.2) is 0 Å². The second-order valence-corrected chi connectivity index (χ2v) is 5.94. The third kappa shape index (κ3) is 4.21. The lowest BCUT2D eigenvalue weighted by Gasteiger charge is -2.21. The number of hydrogen-bond acceptors (Lipinski definition) is 3. The summed E-state index contributed by atoms with van der Waals surface area (Å²) in [5.74, 6) is 0.175. The maximum Gasteiger partial charge on any atom is 0.219 e. The third-order valence-corrected chi connectivity index (χ3v) is 3.88. The molecule has 0 aromatic heterocycles. The molecular weight excluding hydrogens is 306 g/mol. The molecule has 2 rings (SSSR count). The van der Waals surface area contributed by atoms with E-state index in [0.717, 1.165) is 49.3 Å². The number of amides is 1. The summed E-state index contributed by atoms with van der Waals surface area (Å²) in [6.45, 7) is 6.16. The van der Waals surface area contributed by atoms with Crippen molar-refractivity contribution in [1.82, 2.24) is 9.80 Å². The summed E-state index contributed by atoms with van der Waals surface area (Å²) < 4.78 is 1.02. The minimum absolute atomic E-state index is 0.175. The molecule has 1 amide bonds. The van der Waals surface area contributed by atoms with Crippen LogP contribution in [0.15, 0.2) is 22.7 Å². The highest BCUT2D eigenvalue weighted by Gasteiger charge is 2.16. The number of carbonyl (C=O) groups is 1. The quantitative estimate of drug-likeness (QED) is 0.847. The van der Waals surface area contributed by atoms with Crippen molar-refractivity contribution in [3.63, 3.8) is 0 Å². The Morgan fingerprint density at radius 1 is 1.26 bits per heavy atom. The molecule has 5 heteroatoms. The van der Waals surface area contributed by atoms with Gasteiger partial charge in [-0.3, -0.25) is 9.69 Å². The topological polar surface area (TPSA) is 49.6 Å². The maximum absolute atomic E-state index is 11.4. The van der Waals surface area contributed by atoms with Gasteiger partial charge in [-0.05, 0) is 30.2 Å². The van der Waals surface area contributed by atoms with Crippen molar-refractivity contribution in [2.75, 3.05) is 31.9 Å². The number of rotatable bonds is 2. The van der Waals surface area contributed by atoms with Crippen LogP contribution < -0.4 is 5.73 Å². The molecule has 0 atom stereocenters. The van der Waals surface area contributed by atoms with Gasteiger partial charge in [-0.1, -0.05) is 15.9 Å². The fourth-order valence-electron chi connectivity index (χ4n) is 2.47. The molecule has 0 aliphatic carbocycles. The molecule has 19 heavy (non-hydrogen) atoms. The van der Waals surface area contributed by atoms with Crippen molar-refractivity contribution in [2.45, 2.75) is 19.9 Å². The van der Waals surface area contributed by atoms with Gasteiger partial charge in [0.1, 0.15) is 0 Å². The Hall–Kier alpha value is -1.07. The molecule has 1 aliphatic rings. The van der Waals surface area contributed by atoms with Crippen LogP contribution in [-0.4, -0.2) is 41.9 Å². The van der Waals surface area contributed by atoms with E-state index in [9.17, 15) is 4.79 Å². The van der Waals surface area contributed by atoms with E-state index in [4.69, 9.17) is 5.73 Å². The van der Waals surface area contributed by atoms with E-state index in [1.165, 1.54) is 5.56 Å². The maximum atomic E-state index is 11.4. The van der Waals surface area contributed by atoms with Crippen molar-refractivity contribution in [2.24, 2.45) is 0 Å². The number of anilines is 1. The Balaban J connectivity index is 1.97. The van der Waals surface area contributed by atoms with Gasteiger partial charge in [0.25, 0.3) is 0 Å². The fourth-order valence-corrected chi connectivity index (χ4v) is 3.03. The third-order valence-electron chi connectivity index (χ3n) is 3.42. The Morgan fingerprint density at radius 2 is 2.05 bits per heavy atom. The van der Waals surface area contributed by atoms with Crippen molar-refractivity contribution in [3.05, 3.63) is 28.2 Å². The van der Waals surface area contributed by atoms with Crippen molar-refractivity contribution in [1.29, 1.82) is 0 Å². The molecule has 1 aliphatic heterocycles. The van der Waals surface area contributed by atoms with E-state index in [2.05, 4.69) is 26.9 Å². The molecule has 2 N–H and O–H groups in total. The van der Waals surface area contributed by atoms with Crippen LogP contribution in [0.3, 0.4) is 0 Å². The highest BCUT2D eigenvalue weighted by molar-refractivity contribution is 9.10. The van der Waals surface area contributed by atoms with Crippen LogP contribution in [-0.2, 0) is 11.3 Å². The van der Waals surface area contributed by atoms with Crippen LogP contribution in [0.4, 0.5) is 5.69 Å². The zero-order valence-electron chi connectivity index (χ0n) is 11.2. The highest BCUT2D eigenvalue weighted by atomic mass is 79.9. The smallest absolute Gasteiger partial charge is 0.219 e. The van der Waals surface area contributed by atoms with Crippen LogP contribution >= 0.6 is 15.9 Å². The molecule has 0 unspecified atom stereocenters. The monoisotopic (exact) mass is 325 g/mol. The van der Waals surface area contributed by atoms with E-state index >= 15 is 0 Å². The van der Waals surface area contributed by atoms with E-state index < -0.39 is 0 Å². The number of nitrogens with two attached hydrogens (primary N) is 1. The predicted molar refractivity (Wildman–Crippen MR) is 80.7 cm³/mol. The van der Waals surface area contributed by atoms with E-state index in [1.807, 2.05) is 17.0 Å². The number of halogens is 1. The minimum Gasteiger partial charge on any atom is -0.399 e. The molecule has 1 fully saturated rings. The molecule has 1 heterocycles. The predicted octanol–water partition coefficient (Wildman–Crippen LogP) is 2.09. The SMILES string of the molecule is CC(=O)N1CCCN(Cc2cc(N)cc(Br)c2)CC1. The average Bonchev–Trinajstić information content (AvgIpc) is 2.53. The molecule has 1 saturated heterocycles. The van der Waals surface area contributed by atoms with Gasteiger partial charge in [0.2, 0.25) is 5.91 Å². The first kappa shape index (κ1) is 14.3. The second kappa shape index (κ2) is 6.39. The lowest BCUT2D eigenvalue weighted by molar-refractivity contribution is -0.128. The van der Waals surface area contributed by atoms with Gasteiger partial charge in [-0.2, -0.15) is 0 Å². The van der Waals surface area contributed by atoms with Gasteiger partial charge in [0, 0.05) is 49.8 Å². The van der Waals surface area contributed by atoms with Crippen LogP contribution in [0.25, 0.3) is 0 Å². The van der Waals surface area contributed by atoms with Crippen LogP contribution in [0.2, 0.25) is 0 Å². The van der Waals surface area contributed by atoms with Gasteiger partial charge in [0.05, 0.1) is 0 Å². The normalized spacial score (nSPS) is 17.3. The van der Waals surface area contributed by atoms with E-state index in [1.54, 1.807) is 6.92 Å². The van der Waals surface area contributed by atoms with Gasteiger partial charge < -0.3 is 10.6 Å². The second-order valence-electron chi connectivity index (χ2n) is 5.03. The first-order chi connectivity index (χ1) is 9.04. The summed E-state index contributed by atoms with van der Waals surface area (Å²) in [4.78, 5) is 15.7. The lowest BCUT2D eigenvalue weighted by atomic mass is 10.2. The van der Waals surface area contributed by atoms with E-state index in [0.29, 0.717) is 0 Å². The first-order valence-corrected chi connectivity index (χ1v) is 7.37. The van der Waals surface area contributed by atoms with Crippen molar-refractivity contribution in [3.8, 4) is 0 Å². The lowest BCUT2D eigenvalue weighted by Crippen LogP contribution is -2.33. The number of carbonyl (C=O) groups excluding carboxylic acids is 1. The Bertz CT molecular complexity index is 444. The molecule has 1 aromatic rings. The zero-order valence-corrected chi connectivity index (χ0v) is 12.8. The number of benzene rings is 1. The van der Waals surface area contributed by atoms with Crippen molar-refractivity contribution < 1.29 is 4.79 Å². The first-order valence-electron chi connectivity index (χ1n) is 6.57. The molecule has 4 nitrogen and oxygen atoms in total. The molecule has 0 radical (unpaired) electrons. The Morgan fingerprint density at radius 3 is 2.74 bits per heavy atom. The zero-order chi connectivity index (χ0) is 13.8. The van der Waals surface area contributed by atoms with Crippen LogP contribution in [0.5, 0.6) is 0 Å². The summed E-state index contributed by atoms with van der Waals surface area (Å²) in [6, 6.07) is 6.02. The van der Waals surface area contributed by atoms with Crippen molar-refractivity contribution >= 4 is 27.5 Å². The minimum atomic E-state index is 0.175. The Labute approximate surface area is 122 Å². The molecule has 0 spiro atoms. The molecule has 1 aromatic carbocycles. The van der Waals surface area contributed by atoms with Gasteiger partial charge in [-0.25, -0.2) is 0 Å². The number of nitrogen functional groups attached to an aromatic ring is 1. The van der Waals surface area contributed by atoms with Crippen LogP contribution in [0, 0.1) is 0 Å². The number of hydrogen-bond donors (Lipinski definition) is 1. The largest absolute Gasteiger partial charge is 0.399 e. The standard InChI is InChI=1S/C14H20BrN3O/c1-11(19)18-4-2-3-17(5-6-18)10-12-7-13(15)9-14(16)8-12/h7-9H,2-6,10,16H2,1H3. The fraction of sp³-hybridized carbons (Fsp3) is 0.500. The average molecular weight is 326 g/mol. The van der Waals surface area contributed by atoms with Gasteiger partial charge in [-0.15, -0.1) is 0 Å².